The number of unbranched alkanes of at least 4 members (excludes halogenated alkanes) is 6. The van der Waals surface area contributed by atoms with Gasteiger partial charge in [0.15, 0.2) is 0 Å². The average molecular weight is 396 g/mol. The third kappa shape index (κ3) is 9.89. The van der Waals surface area contributed by atoms with Crippen LogP contribution in [0, 0.1) is 0 Å². The SMILES string of the molecule is CCCCCCCC(=O)N(CCCC)Cc1nc(C(=O)NCCCC)cs1. The van der Waals surface area contributed by atoms with Crippen molar-refractivity contribution < 1.29 is 9.59 Å². The minimum atomic E-state index is -0.117. The van der Waals surface area contributed by atoms with E-state index in [4.69, 9.17) is 0 Å². The van der Waals surface area contributed by atoms with Crippen molar-refractivity contribution in [3.63, 3.8) is 0 Å². The zero-order valence-electron chi connectivity index (χ0n) is 17.4. The molecule has 1 rings (SSSR count). The lowest BCUT2D eigenvalue weighted by Gasteiger charge is -2.21. The number of nitrogens with one attached hydrogen (secondary N) is 1. The van der Waals surface area contributed by atoms with Crippen LogP contribution >= 0.6 is 11.3 Å². The standard InChI is InChI=1S/C21H37N3O2S/c1-4-7-10-11-12-13-20(25)24(15-9-6-3)16-19-23-18(17-27-19)21(26)22-14-8-5-2/h17H,4-16H2,1-3H3,(H,22,26). The van der Waals surface area contributed by atoms with Crippen molar-refractivity contribution in [3.8, 4) is 0 Å². The number of thiazole rings is 1. The molecule has 27 heavy (non-hydrogen) atoms. The fraction of sp³-hybridized carbons (Fsp3) is 0.762. The number of carbonyl (C=O) groups excluding carboxylic acids is 2. The molecule has 0 spiro atoms. The summed E-state index contributed by atoms with van der Waals surface area (Å²) in [5.41, 5.74) is 0.466. The molecule has 0 aliphatic heterocycles. The fourth-order valence-corrected chi connectivity index (χ4v) is 3.59. The van der Waals surface area contributed by atoms with Crippen molar-refractivity contribution in [1.82, 2.24) is 15.2 Å². The van der Waals surface area contributed by atoms with E-state index >= 15 is 0 Å². The summed E-state index contributed by atoms with van der Waals surface area (Å²) in [6, 6.07) is 0. The normalized spacial score (nSPS) is 10.8. The maximum atomic E-state index is 12.6. The predicted molar refractivity (Wildman–Crippen MR) is 113 cm³/mol. The molecule has 6 heteroatoms. The molecule has 0 bridgehead atoms. The molecule has 0 saturated carbocycles. The molecular formula is C21H37N3O2S. The number of aromatic nitrogens is 1. The maximum absolute atomic E-state index is 12.6. The Morgan fingerprint density at radius 2 is 1.70 bits per heavy atom. The minimum absolute atomic E-state index is 0.117. The Kier molecular flexibility index (Phi) is 12.8. The molecule has 1 N–H and O–H groups in total. The van der Waals surface area contributed by atoms with Gasteiger partial charge in [0.25, 0.3) is 5.91 Å². The monoisotopic (exact) mass is 395 g/mol. The summed E-state index contributed by atoms with van der Waals surface area (Å²) in [5.74, 6) is 0.0948. The molecule has 0 aliphatic rings. The van der Waals surface area contributed by atoms with Gasteiger partial charge in [-0.15, -0.1) is 11.3 Å². The Morgan fingerprint density at radius 1 is 1.00 bits per heavy atom. The van der Waals surface area contributed by atoms with E-state index in [2.05, 4.69) is 31.1 Å². The van der Waals surface area contributed by atoms with Gasteiger partial charge in [-0.1, -0.05) is 59.3 Å². The van der Waals surface area contributed by atoms with Crippen LogP contribution in [0.1, 0.15) is 100 Å². The van der Waals surface area contributed by atoms with Crippen molar-refractivity contribution in [3.05, 3.63) is 16.1 Å². The number of rotatable bonds is 15. The van der Waals surface area contributed by atoms with Crippen molar-refractivity contribution >= 4 is 23.2 Å². The second kappa shape index (κ2) is 14.6. The van der Waals surface area contributed by atoms with Crippen LogP contribution in [-0.4, -0.2) is 34.8 Å². The van der Waals surface area contributed by atoms with E-state index in [9.17, 15) is 9.59 Å². The smallest absolute Gasteiger partial charge is 0.270 e. The van der Waals surface area contributed by atoms with E-state index in [1.807, 2.05) is 4.90 Å². The molecule has 0 atom stereocenters. The van der Waals surface area contributed by atoms with Gasteiger partial charge in [0.1, 0.15) is 10.7 Å². The first-order valence-corrected chi connectivity index (χ1v) is 11.5. The lowest BCUT2D eigenvalue weighted by atomic mass is 10.1. The Hall–Kier alpha value is -1.43. The topological polar surface area (TPSA) is 62.3 Å². The van der Waals surface area contributed by atoms with Crippen LogP contribution in [0.2, 0.25) is 0 Å². The van der Waals surface area contributed by atoms with Gasteiger partial charge < -0.3 is 10.2 Å². The van der Waals surface area contributed by atoms with Gasteiger partial charge in [-0.05, 0) is 19.3 Å². The van der Waals surface area contributed by atoms with Crippen molar-refractivity contribution in [1.29, 1.82) is 0 Å². The Balaban J connectivity index is 2.55. The predicted octanol–water partition coefficient (Wildman–Crippen LogP) is 5.16. The fourth-order valence-electron chi connectivity index (χ4n) is 2.80. The highest BCUT2D eigenvalue weighted by molar-refractivity contribution is 7.09. The second-order valence-corrected chi connectivity index (χ2v) is 8.01. The van der Waals surface area contributed by atoms with E-state index in [1.165, 1.54) is 30.6 Å². The van der Waals surface area contributed by atoms with Gasteiger partial charge in [-0.2, -0.15) is 0 Å². The molecule has 2 amide bonds. The van der Waals surface area contributed by atoms with Gasteiger partial charge in [-0.3, -0.25) is 9.59 Å². The summed E-state index contributed by atoms with van der Waals surface area (Å²) < 4.78 is 0. The summed E-state index contributed by atoms with van der Waals surface area (Å²) in [4.78, 5) is 31.1. The van der Waals surface area contributed by atoms with E-state index in [-0.39, 0.29) is 11.8 Å². The molecule has 0 radical (unpaired) electrons. The molecule has 0 aromatic carbocycles. The van der Waals surface area contributed by atoms with E-state index in [0.29, 0.717) is 25.2 Å². The van der Waals surface area contributed by atoms with Crippen molar-refractivity contribution in [2.75, 3.05) is 13.1 Å². The number of carbonyl (C=O) groups is 2. The van der Waals surface area contributed by atoms with Gasteiger partial charge in [0, 0.05) is 24.9 Å². The van der Waals surface area contributed by atoms with E-state index in [0.717, 1.165) is 50.1 Å². The zero-order chi connectivity index (χ0) is 19.9. The summed E-state index contributed by atoms with van der Waals surface area (Å²) >= 11 is 1.47. The molecule has 0 unspecified atom stereocenters. The molecular weight excluding hydrogens is 358 g/mol. The summed E-state index contributed by atoms with van der Waals surface area (Å²) in [7, 11) is 0. The molecule has 1 aromatic rings. The highest BCUT2D eigenvalue weighted by atomic mass is 32.1. The highest BCUT2D eigenvalue weighted by Gasteiger charge is 2.17. The Bertz CT molecular complexity index is 545. The van der Waals surface area contributed by atoms with E-state index < -0.39 is 0 Å². The molecule has 1 heterocycles. The van der Waals surface area contributed by atoms with Crippen molar-refractivity contribution in [2.45, 2.75) is 91.5 Å². The van der Waals surface area contributed by atoms with Crippen LogP contribution in [0.5, 0.6) is 0 Å². The number of amides is 2. The van der Waals surface area contributed by atoms with Crippen LogP contribution in [0.25, 0.3) is 0 Å². The number of nitrogens with zero attached hydrogens (tertiary/aromatic N) is 2. The largest absolute Gasteiger partial charge is 0.351 e. The first-order chi connectivity index (χ1) is 13.1. The molecule has 0 fully saturated rings. The lowest BCUT2D eigenvalue weighted by molar-refractivity contribution is -0.132. The third-order valence-electron chi connectivity index (χ3n) is 4.55. The Morgan fingerprint density at radius 3 is 2.41 bits per heavy atom. The third-order valence-corrected chi connectivity index (χ3v) is 5.39. The van der Waals surface area contributed by atoms with Crippen LogP contribution in [0.3, 0.4) is 0 Å². The van der Waals surface area contributed by atoms with Gasteiger partial charge in [-0.25, -0.2) is 4.98 Å². The van der Waals surface area contributed by atoms with Gasteiger partial charge >= 0.3 is 0 Å². The molecule has 0 aliphatic carbocycles. The summed E-state index contributed by atoms with van der Waals surface area (Å²) in [5, 5.41) is 5.53. The zero-order valence-corrected chi connectivity index (χ0v) is 18.2. The van der Waals surface area contributed by atoms with Crippen LogP contribution in [0.4, 0.5) is 0 Å². The van der Waals surface area contributed by atoms with Crippen molar-refractivity contribution in [2.24, 2.45) is 0 Å². The summed E-state index contributed by atoms with van der Waals surface area (Å²) in [6.07, 6.45) is 10.5. The summed E-state index contributed by atoms with van der Waals surface area (Å²) in [6.45, 7) is 8.39. The van der Waals surface area contributed by atoms with E-state index in [1.54, 1.807) is 5.38 Å². The first kappa shape index (κ1) is 23.6. The second-order valence-electron chi connectivity index (χ2n) is 7.07. The van der Waals surface area contributed by atoms with Gasteiger partial charge in [0.2, 0.25) is 5.91 Å². The average Bonchev–Trinajstić information content (AvgIpc) is 3.13. The van der Waals surface area contributed by atoms with Gasteiger partial charge in [0.05, 0.1) is 6.54 Å². The first-order valence-electron chi connectivity index (χ1n) is 10.6. The Labute approximate surface area is 168 Å². The highest BCUT2D eigenvalue weighted by Crippen LogP contribution is 2.15. The molecule has 5 nitrogen and oxygen atoms in total. The number of hydrogen-bond donors (Lipinski definition) is 1. The van der Waals surface area contributed by atoms with Crippen LogP contribution in [-0.2, 0) is 11.3 Å². The van der Waals surface area contributed by atoms with Crippen LogP contribution in [0.15, 0.2) is 5.38 Å². The molecule has 0 saturated heterocycles. The van der Waals surface area contributed by atoms with Crippen LogP contribution < -0.4 is 5.32 Å². The molecule has 1 aromatic heterocycles. The number of hydrogen-bond acceptors (Lipinski definition) is 4. The lowest BCUT2D eigenvalue weighted by Crippen LogP contribution is -2.31. The molecule has 154 valence electrons. The quantitative estimate of drug-likeness (QED) is 0.417. The maximum Gasteiger partial charge on any atom is 0.270 e. The minimum Gasteiger partial charge on any atom is -0.351 e.